The molecule has 1 aliphatic heterocycles. The molecule has 0 bridgehead atoms. The van der Waals surface area contributed by atoms with Crippen LogP contribution in [0.1, 0.15) is 28.4 Å². The fourth-order valence-corrected chi connectivity index (χ4v) is 4.57. The summed E-state index contributed by atoms with van der Waals surface area (Å²) in [6.45, 7) is 0. The fourth-order valence-electron chi connectivity index (χ4n) is 2.73. The molecule has 1 aromatic heterocycles. The Morgan fingerprint density at radius 3 is 3.09 bits per heavy atom. The summed E-state index contributed by atoms with van der Waals surface area (Å²) in [4.78, 5) is 18.1. The average Bonchev–Trinajstić information content (AvgIpc) is 3.02. The molecule has 2 heterocycles. The number of nitrogens with one attached hydrogen (secondary N) is 1. The number of rotatable bonds is 2. The minimum atomic E-state index is -0.0120. The van der Waals surface area contributed by atoms with Gasteiger partial charge in [-0.15, -0.1) is 23.1 Å². The quantitative estimate of drug-likeness (QED) is 0.765. The molecule has 0 saturated carbocycles. The molecule has 22 heavy (non-hydrogen) atoms. The van der Waals surface area contributed by atoms with E-state index >= 15 is 0 Å². The van der Waals surface area contributed by atoms with Crippen molar-refractivity contribution in [2.45, 2.75) is 17.4 Å². The maximum atomic E-state index is 12.6. The normalized spacial score (nSPS) is 17.2. The van der Waals surface area contributed by atoms with Gasteiger partial charge in [0.25, 0.3) is 5.91 Å². The molecule has 0 unspecified atom stereocenters. The molecule has 0 spiro atoms. The van der Waals surface area contributed by atoms with Crippen molar-refractivity contribution in [2.75, 3.05) is 5.75 Å². The molecule has 3 aromatic rings. The summed E-state index contributed by atoms with van der Waals surface area (Å²) in [5.74, 6) is 1.03. The molecule has 0 aliphatic carbocycles. The van der Waals surface area contributed by atoms with Crippen molar-refractivity contribution in [3.63, 3.8) is 0 Å². The van der Waals surface area contributed by atoms with Gasteiger partial charge in [-0.2, -0.15) is 0 Å². The van der Waals surface area contributed by atoms with Crippen LogP contribution in [-0.4, -0.2) is 16.6 Å². The average molecular weight is 326 g/mol. The van der Waals surface area contributed by atoms with Crippen LogP contribution in [0.4, 0.5) is 0 Å². The lowest BCUT2D eigenvalue weighted by Crippen LogP contribution is -2.30. The van der Waals surface area contributed by atoms with E-state index in [1.54, 1.807) is 16.8 Å². The lowest BCUT2D eigenvalue weighted by Gasteiger charge is -2.25. The van der Waals surface area contributed by atoms with Crippen molar-refractivity contribution in [3.8, 4) is 0 Å². The Morgan fingerprint density at radius 2 is 2.14 bits per heavy atom. The Balaban J connectivity index is 1.59. The van der Waals surface area contributed by atoms with E-state index in [0.717, 1.165) is 22.4 Å². The minimum absolute atomic E-state index is 0.0120. The number of benzene rings is 2. The molecule has 5 heteroatoms. The van der Waals surface area contributed by atoms with Crippen molar-refractivity contribution in [1.29, 1.82) is 0 Å². The Labute approximate surface area is 136 Å². The van der Waals surface area contributed by atoms with Crippen LogP contribution in [0.2, 0.25) is 0 Å². The smallest absolute Gasteiger partial charge is 0.251 e. The molecule has 4 rings (SSSR count). The Morgan fingerprint density at radius 1 is 1.23 bits per heavy atom. The maximum Gasteiger partial charge on any atom is 0.251 e. The molecule has 1 N–H and O–H groups in total. The zero-order valence-corrected chi connectivity index (χ0v) is 13.4. The van der Waals surface area contributed by atoms with E-state index in [1.807, 2.05) is 42.1 Å². The van der Waals surface area contributed by atoms with E-state index in [1.165, 1.54) is 10.5 Å². The lowest BCUT2D eigenvalue weighted by molar-refractivity contribution is 0.0935. The number of thiazole rings is 1. The highest BCUT2D eigenvalue weighted by atomic mass is 32.2. The van der Waals surface area contributed by atoms with Crippen LogP contribution in [-0.2, 0) is 0 Å². The third-order valence-corrected chi connectivity index (χ3v) is 5.77. The van der Waals surface area contributed by atoms with Crippen molar-refractivity contribution in [2.24, 2.45) is 0 Å². The van der Waals surface area contributed by atoms with Gasteiger partial charge in [0.1, 0.15) is 0 Å². The van der Waals surface area contributed by atoms with Gasteiger partial charge >= 0.3 is 0 Å². The van der Waals surface area contributed by atoms with Gasteiger partial charge in [-0.05, 0) is 36.2 Å². The zero-order valence-electron chi connectivity index (χ0n) is 11.8. The van der Waals surface area contributed by atoms with Crippen molar-refractivity contribution >= 4 is 39.2 Å². The number of carbonyl (C=O) groups excluding carboxylic acids is 1. The van der Waals surface area contributed by atoms with Crippen LogP contribution in [0.3, 0.4) is 0 Å². The van der Waals surface area contributed by atoms with Crippen LogP contribution >= 0.6 is 23.1 Å². The number of hydrogen-bond acceptors (Lipinski definition) is 4. The Bertz CT molecular complexity index is 843. The van der Waals surface area contributed by atoms with Gasteiger partial charge in [0.2, 0.25) is 0 Å². The summed E-state index contributed by atoms with van der Waals surface area (Å²) in [5.41, 5.74) is 4.68. The molecular weight excluding hydrogens is 312 g/mol. The van der Waals surface area contributed by atoms with Gasteiger partial charge in [0.15, 0.2) is 0 Å². The first-order valence-corrected chi connectivity index (χ1v) is 9.03. The first-order valence-electron chi connectivity index (χ1n) is 7.17. The van der Waals surface area contributed by atoms with E-state index < -0.39 is 0 Å². The second-order valence-corrected chi connectivity index (χ2v) is 7.26. The summed E-state index contributed by atoms with van der Waals surface area (Å²) >= 11 is 3.42. The van der Waals surface area contributed by atoms with Gasteiger partial charge in [0.05, 0.1) is 21.8 Å². The fraction of sp³-hybridized carbons (Fsp3) is 0.176. The largest absolute Gasteiger partial charge is 0.345 e. The molecule has 1 atom stereocenters. The zero-order chi connectivity index (χ0) is 14.9. The van der Waals surface area contributed by atoms with Crippen molar-refractivity contribution in [3.05, 3.63) is 59.1 Å². The van der Waals surface area contributed by atoms with E-state index in [4.69, 9.17) is 0 Å². The number of amides is 1. The first kappa shape index (κ1) is 13.8. The highest BCUT2D eigenvalue weighted by Gasteiger charge is 2.22. The molecule has 110 valence electrons. The summed E-state index contributed by atoms with van der Waals surface area (Å²) in [5, 5.41) is 3.18. The molecule has 0 fully saturated rings. The molecular formula is C17H14N2OS2. The van der Waals surface area contributed by atoms with Crippen LogP contribution in [0.15, 0.2) is 52.9 Å². The third-order valence-electron chi connectivity index (χ3n) is 3.86. The number of fused-ring (bicyclic) bond motifs is 2. The first-order chi connectivity index (χ1) is 10.8. The topological polar surface area (TPSA) is 42.0 Å². The lowest BCUT2D eigenvalue weighted by atomic mass is 10.0. The predicted octanol–water partition coefficient (Wildman–Crippen LogP) is 4.26. The van der Waals surface area contributed by atoms with Crippen molar-refractivity contribution < 1.29 is 4.79 Å². The predicted molar refractivity (Wildman–Crippen MR) is 91.6 cm³/mol. The van der Waals surface area contributed by atoms with E-state index in [2.05, 4.69) is 22.4 Å². The second kappa shape index (κ2) is 5.74. The number of thioether (sulfide) groups is 1. The minimum Gasteiger partial charge on any atom is -0.345 e. The number of hydrogen-bond donors (Lipinski definition) is 1. The summed E-state index contributed by atoms with van der Waals surface area (Å²) in [7, 11) is 0. The van der Waals surface area contributed by atoms with Gasteiger partial charge in [-0.3, -0.25) is 4.79 Å². The molecule has 1 aliphatic rings. The van der Waals surface area contributed by atoms with E-state index in [0.29, 0.717) is 5.56 Å². The van der Waals surface area contributed by atoms with Crippen molar-refractivity contribution in [1.82, 2.24) is 10.3 Å². The highest BCUT2D eigenvalue weighted by molar-refractivity contribution is 7.99. The van der Waals surface area contributed by atoms with Crippen LogP contribution in [0, 0.1) is 0 Å². The van der Waals surface area contributed by atoms with Gasteiger partial charge in [-0.1, -0.05) is 18.2 Å². The van der Waals surface area contributed by atoms with Gasteiger partial charge in [0, 0.05) is 16.2 Å². The molecule has 0 saturated heterocycles. The molecule has 2 aromatic carbocycles. The summed E-state index contributed by atoms with van der Waals surface area (Å²) in [6.07, 6.45) is 0.968. The standard InChI is InChI=1S/C17H14N2OS2/c20-17(11-5-6-14-16(9-11)22-10-18-14)19-13-7-8-21-15-4-2-1-3-12(13)15/h1-6,9-10,13H,7-8H2,(H,19,20)/t13-/m1/s1. The molecule has 0 radical (unpaired) electrons. The number of aromatic nitrogens is 1. The third kappa shape index (κ3) is 2.51. The Kier molecular flexibility index (Phi) is 3.60. The van der Waals surface area contributed by atoms with E-state index in [-0.39, 0.29) is 11.9 Å². The number of carbonyl (C=O) groups is 1. The summed E-state index contributed by atoms with van der Waals surface area (Å²) < 4.78 is 1.05. The monoisotopic (exact) mass is 326 g/mol. The van der Waals surface area contributed by atoms with Gasteiger partial charge < -0.3 is 5.32 Å². The highest BCUT2D eigenvalue weighted by Crippen LogP contribution is 2.36. The molecule has 3 nitrogen and oxygen atoms in total. The maximum absolute atomic E-state index is 12.6. The summed E-state index contributed by atoms with van der Waals surface area (Å²) in [6, 6.07) is 14.1. The SMILES string of the molecule is O=C(N[C@@H]1CCSc2ccccc21)c1ccc2ncsc2c1. The van der Waals surface area contributed by atoms with Crippen LogP contribution < -0.4 is 5.32 Å². The number of nitrogens with zero attached hydrogens (tertiary/aromatic N) is 1. The van der Waals surface area contributed by atoms with Crippen LogP contribution in [0.5, 0.6) is 0 Å². The van der Waals surface area contributed by atoms with E-state index in [9.17, 15) is 4.79 Å². The second-order valence-electron chi connectivity index (χ2n) is 5.24. The van der Waals surface area contributed by atoms with Gasteiger partial charge in [-0.25, -0.2) is 4.98 Å². The Hall–Kier alpha value is -1.85. The van der Waals surface area contributed by atoms with Crippen LogP contribution in [0.25, 0.3) is 10.2 Å². The molecule has 1 amide bonds.